The molecule has 0 bridgehead atoms. The fourth-order valence-electron chi connectivity index (χ4n) is 3.95. The molecule has 0 radical (unpaired) electrons. The summed E-state index contributed by atoms with van der Waals surface area (Å²) in [6, 6.07) is 27.8. The van der Waals surface area contributed by atoms with Gasteiger partial charge in [-0.3, -0.25) is 0 Å². The monoisotopic (exact) mass is 484 g/mol. The summed E-state index contributed by atoms with van der Waals surface area (Å²) in [6.45, 7) is 4.31. The number of halogens is 1. The van der Waals surface area contributed by atoms with E-state index >= 15 is 0 Å². The first-order valence-electron chi connectivity index (χ1n) is 11.0. The van der Waals surface area contributed by atoms with Crippen LogP contribution in [0.2, 0.25) is 5.02 Å². The van der Waals surface area contributed by atoms with E-state index in [0.717, 1.165) is 22.6 Å². The van der Waals surface area contributed by atoms with Crippen LogP contribution in [0.25, 0.3) is 0 Å². The maximum absolute atomic E-state index is 11.8. The molecule has 0 spiro atoms. The molecule has 0 amide bonds. The number of carbonyl (C=O) groups is 2. The van der Waals surface area contributed by atoms with E-state index in [1.54, 1.807) is 18.2 Å². The van der Waals surface area contributed by atoms with Crippen LogP contribution in [-0.4, -0.2) is 11.9 Å². The van der Waals surface area contributed by atoms with Crippen LogP contribution in [0.4, 0.5) is 0 Å². The first-order valence-corrected chi connectivity index (χ1v) is 11.4. The van der Waals surface area contributed by atoms with Gasteiger partial charge in [-0.05, 0) is 77.9 Å². The molecule has 0 unspecified atom stereocenters. The quantitative estimate of drug-likeness (QED) is 0.209. The van der Waals surface area contributed by atoms with Crippen molar-refractivity contribution >= 4 is 23.5 Å². The fraction of sp³-hybridized carbons (Fsp3) is 0.103. The number of fused-ring (bicyclic) bond motifs is 1. The number of rotatable bonds is 6. The average molecular weight is 485 g/mol. The Morgan fingerprint density at radius 1 is 0.600 bits per heavy atom. The van der Waals surface area contributed by atoms with Crippen LogP contribution >= 0.6 is 11.6 Å². The maximum atomic E-state index is 11.8. The van der Waals surface area contributed by atoms with Crippen molar-refractivity contribution in [2.75, 3.05) is 0 Å². The van der Waals surface area contributed by atoms with Gasteiger partial charge in [0.15, 0.2) is 0 Å². The molecular weight excluding hydrogens is 464 g/mol. The molecule has 5 rings (SSSR count). The van der Waals surface area contributed by atoms with Gasteiger partial charge in [-0.25, -0.2) is 9.59 Å². The van der Waals surface area contributed by atoms with Gasteiger partial charge in [0, 0.05) is 10.4 Å². The van der Waals surface area contributed by atoms with Gasteiger partial charge in [0.25, 0.3) is 0 Å². The first-order chi connectivity index (χ1) is 16.8. The fourth-order valence-corrected chi connectivity index (χ4v) is 4.07. The zero-order chi connectivity index (χ0) is 24.6. The molecular formula is C29H21ClO5. The standard InChI is InChI=1S/C29H21ClO5/c1-29(2,18-3-9-21(10-4-18)33-23-13-7-20(30)8-14-23)19-5-11-22(12-6-19)34-24-15-16-25-26(17-24)28(32)35-27(25)31/h3-17H,1-2H3. The minimum absolute atomic E-state index is 0.216. The van der Waals surface area contributed by atoms with E-state index in [1.165, 1.54) is 12.1 Å². The van der Waals surface area contributed by atoms with Crippen LogP contribution < -0.4 is 9.47 Å². The van der Waals surface area contributed by atoms with Crippen LogP contribution in [0.1, 0.15) is 45.7 Å². The Balaban J connectivity index is 1.29. The van der Waals surface area contributed by atoms with Gasteiger partial charge in [0.1, 0.15) is 23.0 Å². The number of benzene rings is 4. The minimum Gasteiger partial charge on any atom is -0.457 e. The molecule has 0 saturated carbocycles. The Bertz CT molecular complexity index is 1410. The van der Waals surface area contributed by atoms with Gasteiger partial charge in [-0.1, -0.05) is 49.7 Å². The summed E-state index contributed by atoms with van der Waals surface area (Å²) < 4.78 is 16.4. The zero-order valence-electron chi connectivity index (χ0n) is 19.1. The predicted octanol–water partition coefficient (Wildman–Crippen LogP) is 7.56. The van der Waals surface area contributed by atoms with Gasteiger partial charge >= 0.3 is 11.9 Å². The molecule has 174 valence electrons. The minimum atomic E-state index is -0.655. The molecule has 0 aromatic heterocycles. The SMILES string of the molecule is CC(C)(c1ccc(Oc2ccc(Cl)cc2)cc1)c1ccc(Oc2ccc3c(c2)C(=O)OC3=O)cc1. The predicted molar refractivity (Wildman–Crippen MR) is 133 cm³/mol. The lowest BCUT2D eigenvalue weighted by Gasteiger charge is -2.26. The molecule has 5 nitrogen and oxygen atoms in total. The summed E-state index contributed by atoms with van der Waals surface area (Å²) in [5.74, 6) is 1.26. The van der Waals surface area contributed by atoms with E-state index in [1.807, 2.05) is 48.5 Å². The lowest BCUT2D eigenvalue weighted by molar-refractivity contribution is 0.0443. The third-order valence-electron chi connectivity index (χ3n) is 6.05. The van der Waals surface area contributed by atoms with E-state index in [9.17, 15) is 9.59 Å². The van der Waals surface area contributed by atoms with E-state index in [4.69, 9.17) is 21.1 Å². The second kappa shape index (κ2) is 8.93. The summed E-state index contributed by atoms with van der Waals surface area (Å²) in [4.78, 5) is 23.4. The number of carbonyl (C=O) groups excluding carboxylic acids is 2. The lowest BCUT2D eigenvalue weighted by atomic mass is 9.78. The summed E-state index contributed by atoms with van der Waals surface area (Å²) >= 11 is 5.93. The zero-order valence-corrected chi connectivity index (χ0v) is 19.8. The van der Waals surface area contributed by atoms with Crippen LogP contribution in [0.5, 0.6) is 23.0 Å². The lowest BCUT2D eigenvalue weighted by Crippen LogP contribution is -2.18. The molecule has 0 fully saturated rings. The Hall–Kier alpha value is -4.09. The highest BCUT2D eigenvalue weighted by atomic mass is 35.5. The Kier molecular flexibility index (Phi) is 5.79. The maximum Gasteiger partial charge on any atom is 0.347 e. The summed E-state index contributed by atoms with van der Waals surface area (Å²) in [7, 11) is 0. The van der Waals surface area contributed by atoms with Gasteiger partial charge < -0.3 is 14.2 Å². The molecule has 4 aromatic rings. The van der Waals surface area contributed by atoms with Crippen molar-refractivity contribution in [3.8, 4) is 23.0 Å². The van der Waals surface area contributed by atoms with Crippen LogP contribution in [0.3, 0.4) is 0 Å². The number of ether oxygens (including phenoxy) is 3. The number of hydrogen-bond donors (Lipinski definition) is 0. The average Bonchev–Trinajstić information content (AvgIpc) is 3.14. The van der Waals surface area contributed by atoms with Crippen molar-refractivity contribution in [3.05, 3.63) is 118 Å². The molecule has 4 aromatic carbocycles. The van der Waals surface area contributed by atoms with Gasteiger partial charge in [0.05, 0.1) is 11.1 Å². The second-order valence-electron chi connectivity index (χ2n) is 8.72. The number of hydrogen-bond acceptors (Lipinski definition) is 5. The second-order valence-corrected chi connectivity index (χ2v) is 9.15. The topological polar surface area (TPSA) is 61.8 Å². The van der Waals surface area contributed by atoms with Crippen molar-refractivity contribution in [1.29, 1.82) is 0 Å². The number of cyclic esters (lactones) is 2. The molecule has 0 atom stereocenters. The van der Waals surface area contributed by atoms with Crippen molar-refractivity contribution in [2.24, 2.45) is 0 Å². The molecule has 0 N–H and O–H groups in total. The Morgan fingerprint density at radius 2 is 1.03 bits per heavy atom. The van der Waals surface area contributed by atoms with Crippen LogP contribution in [0.15, 0.2) is 91.0 Å². The van der Waals surface area contributed by atoms with E-state index in [0.29, 0.717) is 16.5 Å². The van der Waals surface area contributed by atoms with E-state index < -0.39 is 11.9 Å². The number of esters is 2. The summed E-state index contributed by atoms with van der Waals surface area (Å²) in [5, 5.41) is 0.666. The first kappa shape index (κ1) is 22.7. The van der Waals surface area contributed by atoms with Gasteiger partial charge in [-0.15, -0.1) is 0 Å². The molecule has 1 aliphatic heterocycles. The van der Waals surface area contributed by atoms with Crippen molar-refractivity contribution in [3.63, 3.8) is 0 Å². The van der Waals surface area contributed by atoms with Crippen LogP contribution in [-0.2, 0) is 10.2 Å². The molecule has 0 saturated heterocycles. The third-order valence-corrected chi connectivity index (χ3v) is 6.31. The summed E-state index contributed by atoms with van der Waals surface area (Å²) in [6.07, 6.45) is 0. The highest BCUT2D eigenvalue weighted by Gasteiger charge is 2.30. The largest absolute Gasteiger partial charge is 0.457 e. The van der Waals surface area contributed by atoms with Crippen molar-refractivity contribution in [2.45, 2.75) is 19.3 Å². The normalized spacial score (nSPS) is 12.8. The highest BCUT2D eigenvalue weighted by Crippen LogP contribution is 2.35. The van der Waals surface area contributed by atoms with Crippen LogP contribution in [0, 0.1) is 0 Å². The van der Waals surface area contributed by atoms with E-state index in [-0.39, 0.29) is 16.5 Å². The Labute approximate surface area is 207 Å². The smallest absolute Gasteiger partial charge is 0.347 e. The molecule has 1 heterocycles. The van der Waals surface area contributed by atoms with E-state index in [2.05, 4.69) is 30.7 Å². The van der Waals surface area contributed by atoms with Gasteiger partial charge in [0.2, 0.25) is 0 Å². The van der Waals surface area contributed by atoms with Gasteiger partial charge in [-0.2, -0.15) is 0 Å². The Morgan fingerprint density at radius 3 is 1.57 bits per heavy atom. The molecule has 6 heteroatoms. The van der Waals surface area contributed by atoms with Crippen molar-refractivity contribution < 1.29 is 23.8 Å². The summed E-state index contributed by atoms with van der Waals surface area (Å²) in [5.41, 5.74) is 2.46. The highest BCUT2D eigenvalue weighted by molar-refractivity contribution is 6.30. The molecule has 35 heavy (non-hydrogen) atoms. The molecule has 0 aliphatic carbocycles. The third kappa shape index (κ3) is 4.63. The molecule has 1 aliphatic rings. The van der Waals surface area contributed by atoms with Crippen molar-refractivity contribution in [1.82, 2.24) is 0 Å².